The van der Waals surface area contributed by atoms with Crippen molar-refractivity contribution in [3.8, 4) is 0 Å². The molecule has 1 aromatic heterocycles. The van der Waals surface area contributed by atoms with E-state index in [4.69, 9.17) is 5.41 Å². The van der Waals surface area contributed by atoms with Gasteiger partial charge < -0.3 is 0 Å². The molecular formula is C15H11FN2OS2. The molecule has 2 aromatic rings. The van der Waals surface area contributed by atoms with Crippen molar-refractivity contribution in [2.24, 2.45) is 0 Å². The van der Waals surface area contributed by atoms with Crippen LogP contribution in [-0.4, -0.2) is 11.1 Å². The molecule has 0 aliphatic carbocycles. The first kappa shape index (κ1) is 14.0. The quantitative estimate of drug-likeness (QED) is 0.841. The van der Waals surface area contributed by atoms with Gasteiger partial charge in [-0.3, -0.25) is 15.1 Å². The van der Waals surface area contributed by atoms with E-state index in [0.29, 0.717) is 10.6 Å². The first-order valence-corrected chi connectivity index (χ1v) is 7.88. The van der Waals surface area contributed by atoms with Gasteiger partial charge in [0.05, 0.1) is 10.6 Å². The van der Waals surface area contributed by atoms with Gasteiger partial charge in [-0.15, -0.1) is 11.3 Å². The smallest absolute Gasteiger partial charge is 0.271 e. The van der Waals surface area contributed by atoms with Crippen LogP contribution in [0.3, 0.4) is 0 Å². The Balaban J connectivity index is 1.94. The minimum atomic E-state index is -0.366. The largest absolute Gasteiger partial charge is 0.278 e. The number of rotatable bonds is 2. The third kappa shape index (κ3) is 2.64. The Hall–Kier alpha value is -1.92. The highest BCUT2D eigenvalue weighted by molar-refractivity contribution is 8.19. The molecule has 1 aliphatic heterocycles. The van der Waals surface area contributed by atoms with Gasteiger partial charge in [-0.2, -0.15) is 0 Å². The second-order valence-electron chi connectivity index (χ2n) is 4.50. The number of amides is 1. The fourth-order valence-electron chi connectivity index (χ4n) is 1.96. The molecule has 0 unspecified atom stereocenters. The van der Waals surface area contributed by atoms with Gasteiger partial charge in [0.2, 0.25) is 0 Å². The second kappa shape index (κ2) is 5.46. The third-order valence-electron chi connectivity index (χ3n) is 3.07. The Bertz CT molecular complexity index is 749. The predicted octanol–water partition coefficient (Wildman–Crippen LogP) is 4.25. The zero-order valence-electron chi connectivity index (χ0n) is 11.1. The molecule has 106 valence electrons. The molecule has 1 amide bonds. The molecule has 1 N–H and O–H groups in total. The summed E-state index contributed by atoms with van der Waals surface area (Å²) in [5.74, 6) is -0.612. The summed E-state index contributed by atoms with van der Waals surface area (Å²) in [4.78, 5) is 15.3. The van der Waals surface area contributed by atoms with Crippen molar-refractivity contribution >= 4 is 45.9 Å². The molecule has 1 fully saturated rings. The lowest BCUT2D eigenvalue weighted by Crippen LogP contribution is -2.28. The Kier molecular flexibility index (Phi) is 3.65. The number of benzene rings is 1. The third-order valence-corrected chi connectivity index (χ3v) is 4.93. The molecule has 1 saturated heterocycles. The van der Waals surface area contributed by atoms with E-state index < -0.39 is 0 Å². The number of nitrogens with one attached hydrogen (secondary N) is 1. The van der Waals surface area contributed by atoms with Crippen molar-refractivity contribution in [3.63, 3.8) is 0 Å². The molecule has 0 spiro atoms. The topological polar surface area (TPSA) is 44.2 Å². The molecule has 0 bridgehead atoms. The standard InChI is InChI=1S/C15H11FN2OS2/c1-9-6-7-20-12(9)8-13-14(19)18(15(17)21-13)11-4-2-10(16)3-5-11/h2-8,17H,1H3/b13-8-,17-15?. The van der Waals surface area contributed by atoms with Gasteiger partial charge in [-0.05, 0) is 66.0 Å². The molecule has 1 aliphatic rings. The highest BCUT2D eigenvalue weighted by Crippen LogP contribution is 2.36. The normalized spacial score (nSPS) is 17.0. The summed E-state index contributed by atoms with van der Waals surface area (Å²) in [6.07, 6.45) is 1.81. The number of hydrogen-bond acceptors (Lipinski definition) is 4. The Morgan fingerprint density at radius 3 is 2.57 bits per heavy atom. The first-order valence-electron chi connectivity index (χ1n) is 6.18. The summed E-state index contributed by atoms with van der Waals surface area (Å²) in [6, 6.07) is 7.56. The Labute approximate surface area is 129 Å². The summed E-state index contributed by atoms with van der Waals surface area (Å²) >= 11 is 2.68. The van der Waals surface area contributed by atoms with Crippen molar-refractivity contribution < 1.29 is 9.18 Å². The highest BCUT2D eigenvalue weighted by Gasteiger charge is 2.33. The minimum Gasteiger partial charge on any atom is -0.278 e. The summed E-state index contributed by atoms with van der Waals surface area (Å²) in [7, 11) is 0. The number of hydrogen-bond donors (Lipinski definition) is 1. The van der Waals surface area contributed by atoms with Crippen LogP contribution in [0.15, 0.2) is 40.6 Å². The van der Waals surface area contributed by atoms with E-state index in [1.165, 1.54) is 29.2 Å². The lowest BCUT2D eigenvalue weighted by molar-refractivity contribution is -0.113. The maximum Gasteiger partial charge on any atom is 0.271 e. The van der Waals surface area contributed by atoms with E-state index in [0.717, 1.165) is 22.2 Å². The molecule has 6 heteroatoms. The first-order chi connectivity index (χ1) is 10.1. The average molecular weight is 318 g/mol. The number of carbonyl (C=O) groups excluding carboxylic acids is 1. The van der Waals surface area contributed by atoms with Crippen LogP contribution < -0.4 is 4.90 Å². The van der Waals surface area contributed by atoms with Gasteiger partial charge in [0.1, 0.15) is 5.82 Å². The van der Waals surface area contributed by atoms with E-state index in [1.54, 1.807) is 11.3 Å². The van der Waals surface area contributed by atoms with Crippen LogP contribution in [0.5, 0.6) is 0 Å². The van der Waals surface area contributed by atoms with Crippen molar-refractivity contribution in [3.05, 3.63) is 56.9 Å². The number of nitrogens with zero attached hydrogens (tertiary/aromatic N) is 1. The molecular weight excluding hydrogens is 307 g/mol. The van der Waals surface area contributed by atoms with Gasteiger partial charge in [0.25, 0.3) is 5.91 Å². The van der Waals surface area contributed by atoms with E-state index in [-0.39, 0.29) is 16.9 Å². The molecule has 21 heavy (non-hydrogen) atoms. The molecule has 3 rings (SSSR count). The number of thiophene rings is 1. The zero-order valence-corrected chi connectivity index (χ0v) is 12.7. The van der Waals surface area contributed by atoms with Crippen molar-refractivity contribution in [2.45, 2.75) is 6.92 Å². The van der Waals surface area contributed by atoms with Crippen LogP contribution >= 0.6 is 23.1 Å². The Morgan fingerprint density at radius 1 is 1.24 bits per heavy atom. The number of carbonyl (C=O) groups is 1. The second-order valence-corrected chi connectivity index (χ2v) is 6.48. The maximum absolute atomic E-state index is 13.0. The average Bonchev–Trinajstić information content (AvgIpc) is 2.97. The molecule has 2 heterocycles. The number of halogens is 1. The van der Waals surface area contributed by atoms with Gasteiger partial charge in [0.15, 0.2) is 5.17 Å². The van der Waals surface area contributed by atoms with Crippen LogP contribution in [0.25, 0.3) is 6.08 Å². The van der Waals surface area contributed by atoms with Crippen LogP contribution in [0.2, 0.25) is 0 Å². The lowest BCUT2D eigenvalue weighted by Gasteiger charge is -2.13. The van der Waals surface area contributed by atoms with Crippen molar-refractivity contribution in [1.82, 2.24) is 0 Å². The summed E-state index contributed by atoms with van der Waals surface area (Å²) in [5, 5.41) is 10.1. The van der Waals surface area contributed by atoms with Crippen molar-refractivity contribution in [2.75, 3.05) is 4.90 Å². The van der Waals surface area contributed by atoms with E-state index >= 15 is 0 Å². The van der Waals surface area contributed by atoms with E-state index in [9.17, 15) is 9.18 Å². The van der Waals surface area contributed by atoms with Crippen LogP contribution in [0, 0.1) is 18.2 Å². The SMILES string of the molecule is Cc1ccsc1/C=C1\SC(=N)N(c2ccc(F)cc2)C1=O. The molecule has 3 nitrogen and oxygen atoms in total. The van der Waals surface area contributed by atoms with Crippen molar-refractivity contribution in [1.29, 1.82) is 5.41 Å². The number of aryl methyl sites for hydroxylation is 1. The van der Waals surface area contributed by atoms with Crippen LogP contribution in [0.1, 0.15) is 10.4 Å². The number of anilines is 1. The Morgan fingerprint density at radius 2 is 1.95 bits per heavy atom. The predicted molar refractivity (Wildman–Crippen MR) is 86.2 cm³/mol. The molecule has 1 aromatic carbocycles. The molecule has 0 radical (unpaired) electrons. The van der Waals surface area contributed by atoms with E-state index in [1.807, 2.05) is 24.4 Å². The van der Waals surface area contributed by atoms with Gasteiger partial charge in [0, 0.05) is 4.88 Å². The maximum atomic E-state index is 13.0. The van der Waals surface area contributed by atoms with E-state index in [2.05, 4.69) is 0 Å². The van der Waals surface area contributed by atoms with Crippen LogP contribution in [0.4, 0.5) is 10.1 Å². The number of thioether (sulfide) groups is 1. The van der Waals surface area contributed by atoms with Gasteiger partial charge >= 0.3 is 0 Å². The number of amidine groups is 1. The highest BCUT2D eigenvalue weighted by atomic mass is 32.2. The fourth-order valence-corrected chi connectivity index (χ4v) is 3.74. The summed E-state index contributed by atoms with van der Waals surface area (Å²) < 4.78 is 13.0. The summed E-state index contributed by atoms with van der Waals surface area (Å²) in [5.41, 5.74) is 1.61. The molecule has 0 saturated carbocycles. The minimum absolute atomic E-state index is 0.132. The van der Waals surface area contributed by atoms with Gasteiger partial charge in [-0.1, -0.05) is 0 Å². The summed E-state index contributed by atoms with van der Waals surface area (Å²) in [6.45, 7) is 1.98. The monoisotopic (exact) mass is 318 g/mol. The lowest BCUT2D eigenvalue weighted by atomic mass is 10.2. The van der Waals surface area contributed by atoms with Gasteiger partial charge in [-0.25, -0.2) is 4.39 Å². The van der Waals surface area contributed by atoms with Crippen LogP contribution in [-0.2, 0) is 4.79 Å². The fraction of sp³-hybridized carbons (Fsp3) is 0.0667. The zero-order chi connectivity index (χ0) is 15.0. The molecule has 0 atom stereocenters.